The molecule has 0 aliphatic rings. The summed E-state index contributed by atoms with van der Waals surface area (Å²) in [6.07, 6.45) is -4.52. The van der Waals surface area contributed by atoms with Gasteiger partial charge in [-0.3, -0.25) is 4.79 Å². The van der Waals surface area contributed by atoms with Crippen molar-refractivity contribution in [2.75, 3.05) is 5.32 Å². The first-order chi connectivity index (χ1) is 10.6. The van der Waals surface area contributed by atoms with Crippen LogP contribution in [-0.2, 0) is 6.18 Å². The fourth-order valence-electron chi connectivity index (χ4n) is 2.07. The third-order valence-corrected chi connectivity index (χ3v) is 3.86. The van der Waals surface area contributed by atoms with Crippen LogP contribution >= 0.6 is 15.9 Å². The summed E-state index contributed by atoms with van der Waals surface area (Å²) < 4.78 is 43.7. The molecule has 1 heterocycles. The number of aryl methyl sites for hydroxylation is 1. The van der Waals surface area contributed by atoms with Crippen molar-refractivity contribution in [2.45, 2.75) is 32.9 Å². The van der Waals surface area contributed by atoms with E-state index in [2.05, 4.69) is 26.4 Å². The molecule has 8 heteroatoms. The number of halogens is 4. The van der Waals surface area contributed by atoms with Gasteiger partial charge in [0.05, 0.1) is 11.3 Å². The fraction of sp³-hybridized carbons (Fsp3) is 0.333. The Hall–Kier alpha value is -1.83. The van der Waals surface area contributed by atoms with Crippen molar-refractivity contribution in [1.29, 1.82) is 0 Å². The van der Waals surface area contributed by atoms with Gasteiger partial charge in [0, 0.05) is 16.1 Å². The van der Waals surface area contributed by atoms with E-state index in [9.17, 15) is 18.0 Å². The van der Waals surface area contributed by atoms with Crippen molar-refractivity contribution in [1.82, 2.24) is 5.16 Å². The topological polar surface area (TPSA) is 55.1 Å². The van der Waals surface area contributed by atoms with Gasteiger partial charge >= 0.3 is 6.18 Å². The quantitative estimate of drug-likeness (QED) is 0.789. The van der Waals surface area contributed by atoms with E-state index in [1.54, 1.807) is 6.92 Å². The largest absolute Gasteiger partial charge is 0.417 e. The van der Waals surface area contributed by atoms with E-state index in [0.717, 1.165) is 6.07 Å². The number of alkyl halides is 3. The van der Waals surface area contributed by atoms with E-state index in [4.69, 9.17) is 4.52 Å². The van der Waals surface area contributed by atoms with E-state index >= 15 is 0 Å². The van der Waals surface area contributed by atoms with E-state index in [1.807, 2.05) is 13.8 Å². The number of carbonyl (C=O) groups excluding carboxylic acids is 1. The van der Waals surface area contributed by atoms with E-state index in [1.165, 1.54) is 12.1 Å². The lowest BCUT2D eigenvalue weighted by Crippen LogP contribution is -2.16. The summed E-state index contributed by atoms with van der Waals surface area (Å²) in [4.78, 5) is 12.4. The summed E-state index contributed by atoms with van der Waals surface area (Å²) in [5.41, 5.74) is -0.182. The zero-order chi connectivity index (χ0) is 17.4. The van der Waals surface area contributed by atoms with Gasteiger partial charge in [-0.25, -0.2) is 0 Å². The molecular formula is C15H14BrF3N2O2. The molecule has 0 bridgehead atoms. The van der Waals surface area contributed by atoms with Crippen LogP contribution in [-0.4, -0.2) is 11.1 Å². The third kappa shape index (κ3) is 3.74. The van der Waals surface area contributed by atoms with Gasteiger partial charge in [0.2, 0.25) is 0 Å². The molecule has 4 nitrogen and oxygen atoms in total. The van der Waals surface area contributed by atoms with Crippen molar-refractivity contribution in [3.63, 3.8) is 0 Å². The predicted octanol–water partition coefficient (Wildman–Crippen LogP) is 5.14. The molecule has 23 heavy (non-hydrogen) atoms. The van der Waals surface area contributed by atoms with E-state index in [0.29, 0.717) is 11.5 Å². The van der Waals surface area contributed by atoms with Crippen molar-refractivity contribution in [3.8, 4) is 0 Å². The normalized spacial score (nSPS) is 11.8. The molecule has 0 atom stereocenters. The maximum Gasteiger partial charge on any atom is 0.417 e. The second-order valence-electron chi connectivity index (χ2n) is 5.31. The molecule has 0 saturated carbocycles. The molecule has 1 amide bonds. The number of hydrogen-bond acceptors (Lipinski definition) is 3. The lowest BCUT2D eigenvalue weighted by Gasteiger charge is -2.12. The first-order valence-electron chi connectivity index (χ1n) is 6.75. The van der Waals surface area contributed by atoms with Crippen LogP contribution in [0, 0.1) is 6.92 Å². The van der Waals surface area contributed by atoms with Crippen molar-refractivity contribution in [2.24, 2.45) is 0 Å². The van der Waals surface area contributed by atoms with Crippen molar-refractivity contribution in [3.05, 3.63) is 45.3 Å². The number of carbonyl (C=O) groups is 1. The molecule has 0 unspecified atom stereocenters. The fourth-order valence-corrected chi connectivity index (χ4v) is 2.54. The molecule has 0 spiro atoms. The number of anilines is 1. The van der Waals surface area contributed by atoms with Gasteiger partial charge in [-0.1, -0.05) is 34.9 Å². The van der Waals surface area contributed by atoms with Crippen LogP contribution in [0.3, 0.4) is 0 Å². The molecule has 0 radical (unpaired) electrons. The van der Waals surface area contributed by atoms with Gasteiger partial charge < -0.3 is 9.84 Å². The predicted molar refractivity (Wildman–Crippen MR) is 82.4 cm³/mol. The van der Waals surface area contributed by atoms with Crippen LogP contribution in [0.2, 0.25) is 0 Å². The Balaban J connectivity index is 2.33. The van der Waals surface area contributed by atoms with Crippen molar-refractivity contribution < 1.29 is 22.5 Å². The lowest BCUT2D eigenvalue weighted by molar-refractivity contribution is -0.138. The first kappa shape index (κ1) is 17.5. The molecule has 124 valence electrons. The number of aromatic nitrogens is 1. The molecule has 2 rings (SSSR count). The molecule has 2 aromatic rings. The van der Waals surface area contributed by atoms with Crippen LogP contribution < -0.4 is 5.32 Å². The molecule has 1 aromatic carbocycles. The van der Waals surface area contributed by atoms with Crippen LogP contribution in [0.25, 0.3) is 0 Å². The monoisotopic (exact) mass is 390 g/mol. The smallest absolute Gasteiger partial charge is 0.360 e. The Kier molecular flexibility index (Phi) is 4.84. The van der Waals surface area contributed by atoms with Crippen LogP contribution in [0.15, 0.2) is 27.2 Å². The molecular weight excluding hydrogens is 377 g/mol. The average Bonchev–Trinajstić information content (AvgIpc) is 2.81. The molecule has 0 aliphatic carbocycles. The van der Waals surface area contributed by atoms with Crippen LogP contribution in [0.1, 0.15) is 47.1 Å². The number of rotatable bonds is 3. The molecule has 0 fully saturated rings. The Bertz CT molecular complexity index is 739. The highest BCUT2D eigenvalue weighted by atomic mass is 79.9. The Morgan fingerprint density at radius 2 is 2.00 bits per heavy atom. The zero-order valence-electron chi connectivity index (χ0n) is 12.6. The van der Waals surface area contributed by atoms with Gasteiger partial charge in [0.1, 0.15) is 5.56 Å². The van der Waals surface area contributed by atoms with Gasteiger partial charge in [0.25, 0.3) is 5.91 Å². The van der Waals surface area contributed by atoms with Crippen LogP contribution in [0.4, 0.5) is 18.9 Å². The highest BCUT2D eigenvalue weighted by molar-refractivity contribution is 9.10. The number of hydrogen-bond donors (Lipinski definition) is 1. The second kappa shape index (κ2) is 6.35. The molecule has 0 aliphatic heterocycles. The minimum atomic E-state index is -4.52. The zero-order valence-corrected chi connectivity index (χ0v) is 14.2. The number of benzene rings is 1. The summed E-state index contributed by atoms with van der Waals surface area (Å²) in [5, 5.41) is 6.21. The highest BCUT2D eigenvalue weighted by Gasteiger charge is 2.33. The molecule has 1 aromatic heterocycles. The van der Waals surface area contributed by atoms with Gasteiger partial charge in [0.15, 0.2) is 5.76 Å². The Labute approximate surface area is 139 Å². The van der Waals surface area contributed by atoms with Gasteiger partial charge in [-0.05, 0) is 25.1 Å². The van der Waals surface area contributed by atoms with Gasteiger partial charge in [-0.2, -0.15) is 13.2 Å². The lowest BCUT2D eigenvalue weighted by atomic mass is 10.0. The SMILES string of the molecule is Cc1noc(C(C)C)c1C(=O)Nc1ccc(Br)c(C(F)(F)F)c1. The van der Waals surface area contributed by atoms with E-state index in [-0.39, 0.29) is 21.6 Å². The summed E-state index contributed by atoms with van der Waals surface area (Å²) >= 11 is 2.86. The Morgan fingerprint density at radius 3 is 2.57 bits per heavy atom. The number of amides is 1. The van der Waals surface area contributed by atoms with Gasteiger partial charge in [-0.15, -0.1) is 0 Å². The maximum atomic E-state index is 12.9. The Morgan fingerprint density at radius 1 is 1.35 bits per heavy atom. The number of nitrogens with one attached hydrogen (secondary N) is 1. The first-order valence-corrected chi connectivity index (χ1v) is 7.54. The van der Waals surface area contributed by atoms with E-state index < -0.39 is 17.6 Å². The minimum absolute atomic E-state index is 0.0424. The third-order valence-electron chi connectivity index (χ3n) is 3.17. The molecule has 0 saturated heterocycles. The van der Waals surface area contributed by atoms with Crippen LogP contribution in [0.5, 0.6) is 0 Å². The summed E-state index contributed by atoms with van der Waals surface area (Å²) in [6.45, 7) is 5.27. The van der Waals surface area contributed by atoms with Crippen molar-refractivity contribution >= 4 is 27.5 Å². The maximum absolute atomic E-state index is 12.9. The standard InChI is InChI=1S/C15H14BrF3N2O2/c1-7(2)13-12(8(3)21-23-13)14(22)20-9-4-5-11(16)10(6-9)15(17,18)19/h4-7H,1-3H3,(H,20,22). The number of nitrogens with zero attached hydrogens (tertiary/aromatic N) is 1. The summed E-state index contributed by atoms with van der Waals surface area (Å²) in [6, 6.07) is 3.50. The second-order valence-corrected chi connectivity index (χ2v) is 6.16. The average molecular weight is 391 g/mol. The highest BCUT2D eigenvalue weighted by Crippen LogP contribution is 2.36. The molecule has 1 N–H and O–H groups in total. The minimum Gasteiger partial charge on any atom is -0.360 e. The summed E-state index contributed by atoms with van der Waals surface area (Å²) in [5.74, 6) is -0.233. The summed E-state index contributed by atoms with van der Waals surface area (Å²) in [7, 11) is 0.